The molecule has 0 aliphatic carbocycles. The van der Waals surface area contributed by atoms with E-state index in [1.807, 2.05) is 36.4 Å². The summed E-state index contributed by atoms with van der Waals surface area (Å²) in [6, 6.07) is 18.1. The minimum absolute atomic E-state index is 0.0124. The van der Waals surface area contributed by atoms with Crippen LogP contribution in [-0.4, -0.2) is 21.4 Å². The van der Waals surface area contributed by atoms with E-state index >= 15 is 0 Å². The number of rotatable bonds is 5. The Morgan fingerprint density at radius 3 is 2.05 bits per heavy atom. The van der Waals surface area contributed by atoms with Crippen LogP contribution in [0.15, 0.2) is 66.7 Å². The van der Waals surface area contributed by atoms with Crippen molar-refractivity contribution in [1.82, 2.24) is 0 Å². The van der Waals surface area contributed by atoms with Gasteiger partial charge in [-0.1, -0.05) is 60.7 Å². The van der Waals surface area contributed by atoms with Gasteiger partial charge < -0.3 is 15.3 Å². The van der Waals surface area contributed by atoms with E-state index in [0.717, 1.165) is 5.56 Å². The summed E-state index contributed by atoms with van der Waals surface area (Å²) in [5, 5.41) is 29.8. The third-order valence-corrected chi connectivity index (χ3v) is 3.07. The van der Waals surface area contributed by atoms with Crippen molar-refractivity contribution in [3.63, 3.8) is 0 Å². The lowest BCUT2D eigenvalue weighted by Crippen LogP contribution is -2.10. The van der Waals surface area contributed by atoms with Crippen molar-refractivity contribution in [2.24, 2.45) is 0 Å². The molecule has 0 aliphatic rings. The second-order valence-electron chi connectivity index (χ2n) is 4.65. The maximum absolute atomic E-state index is 10.0. The second-order valence-corrected chi connectivity index (χ2v) is 4.65. The SMILES string of the molecule is OC(=CC(O)CC(O)c1ccccc1)c1ccccc1. The molecule has 2 atom stereocenters. The molecule has 2 aromatic rings. The Hall–Kier alpha value is -2.10. The van der Waals surface area contributed by atoms with Gasteiger partial charge in [0.25, 0.3) is 0 Å². The molecular weight excluding hydrogens is 252 g/mol. The highest BCUT2D eigenvalue weighted by Crippen LogP contribution is 2.20. The molecule has 3 heteroatoms. The van der Waals surface area contributed by atoms with Crippen LogP contribution in [0, 0.1) is 0 Å². The zero-order valence-electron chi connectivity index (χ0n) is 11.1. The van der Waals surface area contributed by atoms with Crippen LogP contribution < -0.4 is 0 Å². The first-order valence-electron chi connectivity index (χ1n) is 6.54. The van der Waals surface area contributed by atoms with Gasteiger partial charge in [0.15, 0.2) is 0 Å². The summed E-state index contributed by atoms with van der Waals surface area (Å²) in [5.74, 6) is 0.0124. The Kier molecular flexibility index (Phi) is 4.93. The molecule has 0 saturated heterocycles. The van der Waals surface area contributed by atoms with Crippen LogP contribution in [0.4, 0.5) is 0 Å². The normalized spacial score (nSPS) is 14.8. The first-order valence-corrected chi connectivity index (χ1v) is 6.54. The monoisotopic (exact) mass is 270 g/mol. The van der Waals surface area contributed by atoms with Gasteiger partial charge in [-0.15, -0.1) is 0 Å². The van der Waals surface area contributed by atoms with Gasteiger partial charge in [0, 0.05) is 12.0 Å². The van der Waals surface area contributed by atoms with Crippen molar-refractivity contribution in [2.75, 3.05) is 0 Å². The predicted molar refractivity (Wildman–Crippen MR) is 79.1 cm³/mol. The van der Waals surface area contributed by atoms with Gasteiger partial charge in [0.2, 0.25) is 0 Å². The molecule has 0 amide bonds. The van der Waals surface area contributed by atoms with E-state index < -0.39 is 12.2 Å². The van der Waals surface area contributed by atoms with Crippen LogP contribution >= 0.6 is 0 Å². The third kappa shape index (κ3) is 3.95. The molecule has 0 fully saturated rings. The van der Waals surface area contributed by atoms with Gasteiger partial charge in [-0.05, 0) is 11.6 Å². The smallest absolute Gasteiger partial charge is 0.121 e. The molecule has 0 aliphatic heterocycles. The average molecular weight is 270 g/mol. The summed E-state index contributed by atoms with van der Waals surface area (Å²) >= 11 is 0. The first-order chi connectivity index (χ1) is 9.66. The van der Waals surface area contributed by atoms with Crippen molar-refractivity contribution >= 4 is 5.76 Å². The minimum atomic E-state index is -0.912. The van der Waals surface area contributed by atoms with Gasteiger partial charge in [0.1, 0.15) is 5.76 Å². The van der Waals surface area contributed by atoms with Crippen LogP contribution in [0.3, 0.4) is 0 Å². The first kappa shape index (κ1) is 14.3. The Morgan fingerprint density at radius 2 is 1.45 bits per heavy atom. The fourth-order valence-electron chi connectivity index (χ4n) is 2.00. The largest absolute Gasteiger partial charge is 0.508 e. The third-order valence-electron chi connectivity index (χ3n) is 3.07. The molecule has 2 unspecified atom stereocenters. The number of benzene rings is 2. The summed E-state index contributed by atoms with van der Waals surface area (Å²) in [4.78, 5) is 0. The molecule has 3 N–H and O–H groups in total. The van der Waals surface area contributed by atoms with Crippen LogP contribution in [-0.2, 0) is 0 Å². The van der Waals surface area contributed by atoms with Gasteiger partial charge in [-0.2, -0.15) is 0 Å². The molecule has 0 heterocycles. The van der Waals surface area contributed by atoms with E-state index in [1.54, 1.807) is 24.3 Å². The average Bonchev–Trinajstić information content (AvgIpc) is 2.49. The van der Waals surface area contributed by atoms with E-state index in [9.17, 15) is 15.3 Å². The molecule has 104 valence electrons. The minimum Gasteiger partial charge on any atom is -0.508 e. The van der Waals surface area contributed by atoms with E-state index in [1.165, 1.54) is 6.08 Å². The quantitative estimate of drug-likeness (QED) is 0.732. The molecule has 2 rings (SSSR count). The summed E-state index contributed by atoms with van der Waals surface area (Å²) < 4.78 is 0. The number of aliphatic hydroxyl groups excluding tert-OH is 3. The maximum Gasteiger partial charge on any atom is 0.121 e. The van der Waals surface area contributed by atoms with Gasteiger partial charge >= 0.3 is 0 Å². The molecule has 20 heavy (non-hydrogen) atoms. The number of aliphatic hydroxyl groups is 3. The molecule has 0 bridgehead atoms. The summed E-state index contributed by atoms with van der Waals surface area (Å²) in [6.45, 7) is 0. The summed E-state index contributed by atoms with van der Waals surface area (Å²) in [7, 11) is 0. The van der Waals surface area contributed by atoms with Crippen molar-refractivity contribution in [2.45, 2.75) is 18.6 Å². The highest BCUT2D eigenvalue weighted by atomic mass is 16.3. The zero-order chi connectivity index (χ0) is 14.4. The number of hydrogen-bond acceptors (Lipinski definition) is 3. The molecule has 3 nitrogen and oxygen atoms in total. The Morgan fingerprint density at radius 1 is 0.900 bits per heavy atom. The fourth-order valence-corrected chi connectivity index (χ4v) is 2.00. The van der Waals surface area contributed by atoms with E-state index in [2.05, 4.69) is 0 Å². The Labute approximate surface area is 118 Å². The van der Waals surface area contributed by atoms with Gasteiger partial charge in [-0.25, -0.2) is 0 Å². The lowest BCUT2D eigenvalue weighted by atomic mass is 10.0. The van der Waals surface area contributed by atoms with E-state index in [4.69, 9.17) is 0 Å². The maximum atomic E-state index is 10.0. The Balaban J connectivity index is 2.00. The molecule has 2 aromatic carbocycles. The molecule has 0 spiro atoms. The van der Waals surface area contributed by atoms with Gasteiger partial charge in [0.05, 0.1) is 12.2 Å². The predicted octanol–water partition coefficient (Wildman–Crippen LogP) is 3.07. The molecule has 0 aromatic heterocycles. The molecule has 0 saturated carbocycles. The highest BCUT2D eigenvalue weighted by molar-refractivity contribution is 5.58. The van der Waals surface area contributed by atoms with Crippen molar-refractivity contribution in [1.29, 1.82) is 0 Å². The standard InChI is InChI=1S/C17H18O3/c18-15(11-16(19)13-7-3-1-4-8-13)12-17(20)14-9-5-2-6-10-14/h1-11,15,17-20H,12H2. The van der Waals surface area contributed by atoms with Crippen LogP contribution in [0.1, 0.15) is 23.7 Å². The second kappa shape index (κ2) is 6.89. The summed E-state index contributed by atoms with van der Waals surface area (Å²) in [6.07, 6.45) is -0.181. The van der Waals surface area contributed by atoms with Crippen molar-refractivity contribution in [3.05, 3.63) is 77.9 Å². The molecular formula is C17H18O3. The Bertz CT molecular complexity index is 549. The van der Waals surface area contributed by atoms with E-state index in [-0.39, 0.29) is 12.2 Å². The number of hydrogen-bond donors (Lipinski definition) is 3. The lowest BCUT2D eigenvalue weighted by molar-refractivity contribution is 0.104. The van der Waals surface area contributed by atoms with Crippen LogP contribution in [0.2, 0.25) is 0 Å². The lowest BCUT2D eigenvalue weighted by Gasteiger charge is -2.14. The fraction of sp³-hybridized carbons (Fsp3) is 0.176. The van der Waals surface area contributed by atoms with Crippen LogP contribution in [0.5, 0.6) is 0 Å². The van der Waals surface area contributed by atoms with Crippen LogP contribution in [0.25, 0.3) is 5.76 Å². The molecule has 0 radical (unpaired) electrons. The zero-order valence-corrected chi connectivity index (χ0v) is 11.1. The van der Waals surface area contributed by atoms with Gasteiger partial charge in [-0.3, -0.25) is 0 Å². The van der Waals surface area contributed by atoms with E-state index in [0.29, 0.717) is 5.56 Å². The topological polar surface area (TPSA) is 60.7 Å². The van der Waals surface area contributed by atoms with Crippen molar-refractivity contribution in [3.8, 4) is 0 Å². The summed E-state index contributed by atoms with van der Waals surface area (Å²) in [5.41, 5.74) is 1.39. The highest BCUT2D eigenvalue weighted by Gasteiger charge is 2.13. The van der Waals surface area contributed by atoms with Crippen molar-refractivity contribution < 1.29 is 15.3 Å².